The van der Waals surface area contributed by atoms with Crippen LogP contribution in [0.15, 0.2) is 29.2 Å². The van der Waals surface area contributed by atoms with E-state index < -0.39 is 16.0 Å². The van der Waals surface area contributed by atoms with Crippen LogP contribution in [-0.2, 0) is 21.2 Å². The molecule has 1 heterocycles. The third-order valence-corrected chi connectivity index (χ3v) is 6.84. The molecule has 0 radical (unpaired) electrons. The summed E-state index contributed by atoms with van der Waals surface area (Å²) in [5, 5.41) is 19.7. The Bertz CT molecular complexity index is 882. The van der Waals surface area contributed by atoms with E-state index in [2.05, 4.69) is 27.2 Å². The van der Waals surface area contributed by atoms with Crippen molar-refractivity contribution < 1.29 is 18.3 Å². The van der Waals surface area contributed by atoms with Crippen LogP contribution in [0.1, 0.15) is 63.3 Å². The van der Waals surface area contributed by atoms with E-state index >= 15 is 0 Å². The topological polar surface area (TPSA) is 121 Å². The zero-order chi connectivity index (χ0) is 21.8. The van der Waals surface area contributed by atoms with Gasteiger partial charge < -0.3 is 10.4 Å². The number of nitrogens with one attached hydrogen (secondary N) is 2. The molecule has 3 N–H and O–H groups in total. The average Bonchev–Trinajstić information content (AvgIpc) is 3.12. The van der Waals surface area contributed by atoms with Gasteiger partial charge in [0.1, 0.15) is 5.01 Å². The fraction of sp³-hybridized carbons (Fsp3) is 0.550. The highest BCUT2D eigenvalue weighted by Crippen LogP contribution is 2.21. The van der Waals surface area contributed by atoms with Crippen LogP contribution in [0.4, 0.5) is 10.8 Å². The second-order valence-corrected chi connectivity index (χ2v) is 9.85. The van der Waals surface area contributed by atoms with Crippen LogP contribution in [0, 0.1) is 0 Å². The van der Waals surface area contributed by atoms with Crippen LogP contribution in [-0.4, -0.2) is 36.2 Å². The lowest BCUT2D eigenvalue weighted by molar-refractivity contribution is -0.136. The van der Waals surface area contributed by atoms with Gasteiger partial charge in [-0.3, -0.25) is 9.52 Å². The Morgan fingerprint density at radius 3 is 2.27 bits per heavy atom. The minimum Gasteiger partial charge on any atom is -0.481 e. The van der Waals surface area contributed by atoms with Gasteiger partial charge in [0.15, 0.2) is 0 Å². The molecule has 0 aliphatic carbocycles. The molecule has 1 aromatic carbocycles. The molecule has 10 heteroatoms. The predicted octanol–water partition coefficient (Wildman–Crippen LogP) is 4.52. The number of anilines is 2. The van der Waals surface area contributed by atoms with Crippen molar-refractivity contribution in [1.82, 2.24) is 10.2 Å². The standard InChI is InChI=1S/C20H30N4O4S2/c1-2-3-4-5-6-7-8-9-14-21-16-10-12-17(13-11-16)30(27,28)24-20-23-22-18(29-20)15-19(25)26/h10-13,21H,2-9,14-15H2,1H3,(H,23,24)(H,25,26). The van der Waals surface area contributed by atoms with Crippen molar-refractivity contribution in [3.8, 4) is 0 Å². The SMILES string of the molecule is CCCCCCCCCCNc1ccc(S(=O)(=O)Nc2nnc(CC(=O)O)s2)cc1. The van der Waals surface area contributed by atoms with Crippen LogP contribution >= 0.6 is 11.3 Å². The molecule has 2 aromatic rings. The fourth-order valence-corrected chi connectivity index (χ4v) is 4.87. The number of aliphatic carboxylic acids is 1. The van der Waals surface area contributed by atoms with Crippen molar-refractivity contribution in [3.63, 3.8) is 0 Å². The minimum absolute atomic E-state index is 0.0446. The molecule has 0 bridgehead atoms. The number of carboxylic acid groups (broad SMARTS) is 1. The lowest BCUT2D eigenvalue weighted by Gasteiger charge is -2.08. The number of rotatable bonds is 15. The lowest BCUT2D eigenvalue weighted by Crippen LogP contribution is -2.13. The van der Waals surface area contributed by atoms with E-state index in [1.807, 2.05) is 0 Å². The van der Waals surface area contributed by atoms with E-state index in [1.165, 1.54) is 57.1 Å². The predicted molar refractivity (Wildman–Crippen MR) is 120 cm³/mol. The second kappa shape index (κ2) is 12.5. The van der Waals surface area contributed by atoms with Crippen molar-refractivity contribution in [2.75, 3.05) is 16.6 Å². The van der Waals surface area contributed by atoms with Crippen molar-refractivity contribution in [2.24, 2.45) is 0 Å². The molecular formula is C20H30N4O4S2. The summed E-state index contributed by atoms with van der Waals surface area (Å²) >= 11 is 0.903. The molecule has 30 heavy (non-hydrogen) atoms. The van der Waals surface area contributed by atoms with Crippen molar-refractivity contribution in [1.29, 1.82) is 0 Å². The van der Waals surface area contributed by atoms with Crippen molar-refractivity contribution in [3.05, 3.63) is 29.3 Å². The molecule has 8 nitrogen and oxygen atoms in total. The highest BCUT2D eigenvalue weighted by molar-refractivity contribution is 7.93. The summed E-state index contributed by atoms with van der Waals surface area (Å²) in [5.41, 5.74) is 0.872. The third-order valence-electron chi connectivity index (χ3n) is 4.52. The Balaban J connectivity index is 1.74. The lowest BCUT2D eigenvalue weighted by atomic mass is 10.1. The first-order chi connectivity index (χ1) is 14.4. The smallest absolute Gasteiger partial charge is 0.310 e. The Hall–Kier alpha value is -2.20. The maximum atomic E-state index is 12.5. The van der Waals surface area contributed by atoms with Gasteiger partial charge in [-0.1, -0.05) is 63.2 Å². The van der Waals surface area contributed by atoms with Gasteiger partial charge >= 0.3 is 5.97 Å². The number of benzene rings is 1. The Kier molecular flexibility index (Phi) is 10.0. The number of hydrogen-bond acceptors (Lipinski definition) is 7. The highest BCUT2D eigenvalue weighted by Gasteiger charge is 2.17. The van der Waals surface area contributed by atoms with E-state index in [0.29, 0.717) is 0 Å². The van der Waals surface area contributed by atoms with E-state index in [0.717, 1.165) is 30.0 Å². The molecule has 0 aliphatic heterocycles. The summed E-state index contributed by atoms with van der Waals surface area (Å²) in [6, 6.07) is 6.51. The average molecular weight is 455 g/mol. The van der Waals surface area contributed by atoms with Gasteiger partial charge in [0.05, 0.1) is 11.3 Å². The van der Waals surface area contributed by atoms with E-state index in [9.17, 15) is 13.2 Å². The molecule has 0 amide bonds. The fourth-order valence-electron chi connectivity index (χ4n) is 2.91. The zero-order valence-electron chi connectivity index (χ0n) is 17.3. The van der Waals surface area contributed by atoms with Gasteiger partial charge in [0, 0.05) is 12.2 Å². The summed E-state index contributed by atoms with van der Waals surface area (Å²) in [6.45, 7) is 3.08. The van der Waals surface area contributed by atoms with E-state index in [1.54, 1.807) is 12.1 Å². The molecule has 0 atom stereocenters. The van der Waals surface area contributed by atoms with Gasteiger partial charge in [0.2, 0.25) is 5.13 Å². The molecule has 0 unspecified atom stereocenters. The summed E-state index contributed by atoms with van der Waals surface area (Å²) < 4.78 is 27.3. The van der Waals surface area contributed by atoms with Crippen molar-refractivity contribution in [2.45, 2.75) is 69.6 Å². The Morgan fingerprint density at radius 2 is 1.63 bits per heavy atom. The van der Waals surface area contributed by atoms with Crippen LogP contribution < -0.4 is 10.0 Å². The van der Waals surface area contributed by atoms with Crippen molar-refractivity contribution >= 4 is 38.1 Å². The molecule has 1 aromatic heterocycles. The maximum Gasteiger partial charge on any atom is 0.310 e. The normalized spacial score (nSPS) is 11.4. The van der Waals surface area contributed by atoms with E-state index in [4.69, 9.17) is 5.11 Å². The molecular weight excluding hydrogens is 424 g/mol. The molecule has 0 aliphatic rings. The number of nitrogens with zero attached hydrogens (tertiary/aromatic N) is 2. The Labute approximate surface area is 182 Å². The highest BCUT2D eigenvalue weighted by atomic mass is 32.2. The maximum absolute atomic E-state index is 12.5. The molecule has 166 valence electrons. The van der Waals surface area contributed by atoms with Crippen LogP contribution in [0.2, 0.25) is 0 Å². The van der Waals surface area contributed by atoms with Crippen LogP contribution in [0.25, 0.3) is 0 Å². The monoisotopic (exact) mass is 454 g/mol. The Morgan fingerprint density at radius 1 is 1.00 bits per heavy atom. The number of carboxylic acids is 1. The summed E-state index contributed by atoms with van der Waals surface area (Å²) in [7, 11) is -3.80. The van der Waals surface area contributed by atoms with Crippen LogP contribution in [0.3, 0.4) is 0 Å². The molecule has 0 spiro atoms. The van der Waals surface area contributed by atoms with Crippen LogP contribution in [0.5, 0.6) is 0 Å². The van der Waals surface area contributed by atoms with Gasteiger partial charge in [-0.2, -0.15) is 0 Å². The molecule has 2 rings (SSSR count). The zero-order valence-corrected chi connectivity index (χ0v) is 18.9. The number of sulfonamides is 1. The van der Waals surface area contributed by atoms with Gasteiger partial charge in [-0.05, 0) is 30.7 Å². The van der Waals surface area contributed by atoms with Gasteiger partial charge in [0.25, 0.3) is 10.0 Å². The third kappa shape index (κ3) is 8.66. The first kappa shape index (κ1) is 24.1. The first-order valence-corrected chi connectivity index (χ1v) is 12.6. The van der Waals surface area contributed by atoms with Gasteiger partial charge in [-0.25, -0.2) is 8.42 Å². The second-order valence-electron chi connectivity index (χ2n) is 7.10. The molecule has 0 fully saturated rings. The summed E-state index contributed by atoms with van der Waals surface area (Å²) in [6.07, 6.45) is 9.81. The van der Waals surface area contributed by atoms with E-state index in [-0.39, 0.29) is 21.5 Å². The summed E-state index contributed by atoms with van der Waals surface area (Å²) in [4.78, 5) is 10.8. The quantitative estimate of drug-likeness (QED) is 0.338. The summed E-state index contributed by atoms with van der Waals surface area (Å²) in [5.74, 6) is -1.05. The largest absolute Gasteiger partial charge is 0.481 e. The number of hydrogen-bond donors (Lipinski definition) is 3. The minimum atomic E-state index is -3.80. The molecule has 0 saturated heterocycles. The number of unbranched alkanes of at least 4 members (excludes halogenated alkanes) is 7. The van der Waals surface area contributed by atoms with Gasteiger partial charge in [-0.15, -0.1) is 10.2 Å². The number of carbonyl (C=O) groups is 1. The number of aromatic nitrogens is 2. The molecule has 0 saturated carbocycles. The first-order valence-electron chi connectivity index (χ1n) is 10.3.